The van der Waals surface area contributed by atoms with Crippen LogP contribution in [0.3, 0.4) is 0 Å². The van der Waals surface area contributed by atoms with Gasteiger partial charge in [0.2, 0.25) is 0 Å². The first-order valence-electron chi connectivity index (χ1n) is 9.65. The molecule has 2 N–H and O–H groups in total. The van der Waals surface area contributed by atoms with E-state index in [2.05, 4.69) is 60.7 Å². The lowest BCUT2D eigenvalue weighted by molar-refractivity contribution is -1.03. The molecule has 1 aliphatic heterocycles. The molecule has 0 radical (unpaired) electrons. The molecule has 1 saturated heterocycles. The maximum atomic E-state index is 12.0. The highest BCUT2D eigenvalue weighted by molar-refractivity contribution is 7.07. The van der Waals surface area contributed by atoms with E-state index in [-0.39, 0.29) is 4.87 Å². The molecule has 2 heterocycles. The van der Waals surface area contributed by atoms with Crippen molar-refractivity contribution in [2.45, 2.75) is 19.6 Å². The van der Waals surface area contributed by atoms with Crippen molar-refractivity contribution in [3.63, 3.8) is 0 Å². The smallest absolute Gasteiger partial charge is 0.311 e. The van der Waals surface area contributed by atoms with Gasteiger partial charge in [0, 0.05) is 22.2 Å². The van der Waals surface area contributed by atoms with Crippen LogP contribution in [0.2, 0.25) is 0 Å². The van der Waals surface area contributed by atoms with Gasteiger partial charge in [0.05, 0.1) is 0 Å². The van der Waals surface area contributed by atoms with Gasteiger partial charge < -0.3 is 9.80 Å². The van der Waals surface area contributed by atoms with E-state index in [0.29, 0.717) is 6.04 Å². The van der Waals surface area contributed by atoms with Crippen LogP contribution < -0.4 is 14.7 Å². The highest BCUT2D eigenvalue weighted by Gasteiger charge is 2.31. The Morgan fingerprint density at radius 1 is 0.926 bits per heavy atom. The molecular formula is C22H27N3OS+2. The van der Waals surface area contributed by atoms with Crippen molar-refractivity contribution in [1.29, 1.82) is 0 Å². The topological polar surface area (TPSA) is 30.9 Å². The number of hydrogen-bond acceptors (Lipinski definition) is 2. The quantitative estimate of drug-likeness (QED) is 0.671. The summed E-state index contributed by atoms with van der Waals surface area (Å²) in [6, 6.07) is 22.1. The van der Waals surface area contributed by atoms with Crippen LogP contribution in [0.1, 0.15) is 22.9 Å². The number of thiazole rings is 1. The Morgan fingerprint density at radius 2 is 1.48 bits per heavy atom. The van der Waals surface area contributed by atoms with Gasteiger partial charge >= 0.3 is 4.87 Å². The van der Waals surface area contributed by atoms with E-state index in [9.17, 15) is 4.79 Å². The number of rotatable bonds is 5. The molecule has 0 spiro atoms. The van der Waals surface area contributed by atoms with Crippen LogP contribution in [0.4, 0.5) is 0 Å². The number of aromatic nitrogens is 1. The van der Waals surface area contributed by atoms with Gasteiger partial charge in [-0.05, 0) is 6.92 Å². The van der Waals surface area contributed by atoms with Crippen LogP contribution in [-0.2, 0) is 6.67 Å². The Labute approximate surface area is 164 Å². The zero-order chi connectivity index (χ0) is 18.6. The van der Waals surface area contributed by atoms with E-state index < -0.39 is 0 Å². The van der Waals surface area contributed by atoms with Gasteiger partial charge in [-0.2, -0.15) is 0 Å². The second-order valence-electron chi connectivity index (χ2n) is 7.39. The molecule has 4 nitrogen and oxygen atoms in total. The summed E-state index contributed by atoms with van der Waals surface area (Å²) in [6.45, 7) is 7.23. The van der Waals surface area contributed by atoms with Gasteiger partial charge in [-0.3, -0.25) is 9.36 Å². The molecule has 0 unspecified atom stereocenters. The summed E-state index contributed by atoms with van der Waals surface area (Å²) in [6.07, 6.45) is 0. The zero-order valence-electron chi connectivity index (χ0n) is 15.7. The number of hydrogen-bond donors (Lipinski definition) is 2. The summed E-state index contributed by atoms with van der Waals surface area (Å²) in [5, 5.41) is 1.96. The fourth-order valence-corrected chi connectivity index (χ4v) is 4.88. The van der Waals surface area contributed by atoms with Crippen molar-refractivity contribution in [2.75, 3.05) is 26.2 Å². The highest BCUT2D eigenvalue weighted by atomic mass is 32.1. The Balaban J connectivity index is 1.50. The van der Waals surface area contributed by atoms with E-state index in [1.165, 1.54) is 27.4 Å². The number of piperazine rings is 1. The van der Waals surface area contributed by atoms with Crippen LogP contribution >= 0.6 is 11.3 Å². The molecule has 5 heteroatoms. The molecule has 0 bridgehead atoms. The summed E-state index contributed by atoms with van der Waals surface area (Å²) >= 11 is 1.31. The number of aryl methyl sites for hydroxylation is 1. The molecule has 1 aliphatic rings. The molecular weight excluding hydrogens is 354 g/mol. The zero-order valence-corrected chi connectivity index (χ0v) is 16.5. The van der Waals surface area contributed by atoms with Crippen molar-refractivity contribution in [3.05, 3.63) is 92.5 Å². The van der Waals surface area contributed by atoms with E-state index in [0.717, 1.165) is 38.5 Å². The molecule has 3 aromatic rings. The lowest BCUT2D eigenvalue weighted by Gasteiger charge is -2.35. The SMILES string of the molecule is Cc1csc(=O)n1C[NH+]1CC[NH+](C(c2ccccc2)c2ccccc2)CC1. The monoisotopic (exact) mass is 381 g/mol. The summed E-state index contributed by atoms with van der Waals surface area (Å²) in [5.74, 6) is 0. The lowest BCUT2D eigenvalue weighted by atomic mass is 9.96. The Kier molecular flexibility index (Phi) is 5.53. The molecule has 140 valence electrons. The Morgan fingerprint density at radius 3 is 1.96 bits per heavy atom. The number of benzene rings is 2. The van der Waals surface area contributed by atoms with Crippen LogP contribution in [0.15, 0.2) is 70.8 Å². The lowest BCUT2D eigenvalue weighted by Crippen LogP contribution is -3.28. The van der Waals surface area contributed by atoms with Gasteiger partial charge in [-0.1, -0.05) is 72.0 Å². The third kappa shape index (κ3) is 4.05. The van der Waals surface area contributed by atoms with E-state index in [1.807, 2.05) is 16.9 Å². The van der Waals surface area contributed by atoms with Gasteiger partial charge in [-0.25, -0.2) is 0 Å². The minimum atomic E-state index is 0.168. The molecule has 1 aromatic heterocycles. The number of nitrogens with zero attached hydrogens (tertiary/aromatic N) is 1. The van der Waals surface area contributed by atoms with E-state index in [4.69, 9.17) is 0 Å². The fourth-order valence-electron chi connectivity index (χ4n) is 4.15. The minimum absolute atomic E-state index is 0.168. The summed E-state index contributed by atoms with van der Waals surface area (Å²) in [5.41, 5.74) is 3.85. The van der Waals surface area contributed by atoms with Gasteiger partial charge in [0.15, 0.2) is 6.67 Å². The Bertz CT molecular complexity index is 872. The molecule has 4 rings (SSSR count). The average molecular weight is 382 g/mol. The normalized spacial score (nSPS) is 20.1. The third-order valence-corrected chi connectivity index (χ3v) is 6.51. The second kappa shape index (κ2) is 8.21. The average Bonchev–Trinajstić information content (AvgIpc) is 3.03. The molecule has 2 aromatic carbocycles. The summed E-state index contributed by atoms with van der Waals surface area (Å²) in [4.78, 5) is 15.3. The molecule has 27 heavy (non-hydrogen) atoms. The first-order chi connectivity index (χ1) is 13.2. The number of quaternary nitrogens is 2. The number of nitrogens with one attached hydrogen (secondary N) is 2. The molecule has 0 aliphatic carbocycles. The maximum Gasteiger partial charge on any atom is 0.311 e. The first-order valence-corrected chi connectivity index (χ1v) is 10.5. The van der Waals surface area contributed by atoms with Crippen LogP contribution in [-0.4, -0.2) is 30.7 Å². The van der Waals surface area contributed by atoms with Gasteiger partial charge in [0.25, 0.3) is 0 Å². The fraction of sp³-hybridized carbons (Fsp3) is 0.318. The van der Waals surface area contributed by atoms with Crippen LogP contribution in [0, 0.1) is 6.92 Å². The third-order valence-electron chi connectivity index (χ3n) is 5.63. The van der Waals surface area contributed by atoms with Crippen LogP contribution in [0.25, 0.3) is 0 Å². The van der Waals surface area contributed by atoms with Crippen molar-refractivity contribution in [1.82, 2.24) is 4.57 Å². The van der Waals surface area contributed by atoms with E-state index in [1.54, 1.807) is 4.90 Å². The minimum Gasteiger partial charge on any atom is -0.316 e. The van der Waals surface area contributed by atoms with Gasteiger partial charge in [-0.15, -0.1) is 0 Å². The second-order valence-corrected chi connectivity index (χ2v) is 8.21. The largest absolute Gasteiger partial charge is 0.316 e. The molecule has 0 atom stereocenters. The summed E-state index contributed by atoms with van der Waals surface area (Å²) < 4.78 is 1.93. The Hall–Kier alpha value is -2.21. The van der Waals surface area contributed by atoms with E-state index >= 15 is 0 Å². The van der Waals surface area contributed by atoms with Crippen molar-refractivity contribution >= 4 is 11.3 Å². The van der Waals surface area contributed by atoms with Crippen LogP contribution in [0.5, 0.6) is 0 Å². The standard InChI is InChI=1S/C22H25N3OS/c1-18-16-27-22(26)25(18)17-23-12-14-24(15-13-23)21(19-8-4-2-5-9-19)20-10-6-3-7-11-20/h2-11,16,21H,12-15,17H2,1H3/p+2. The maximum absolute atomic E-state index is 12.0. The predicted octanol–water partition coefficient (Wildman–Crippen LogP) is 0.749. The van der Waals surface area contributed by atoms with Crippen molar-refractivity contribution in [2.24, 2.45) is 0 Å². The molecule has 0 amide bonds. The first kappa shape index (κ1) is 18.2. The predicted molar refractivity (Wildman–Crippen MR) is 109 cm³/mol. The molecule has 0 saturated carbocycles. The van der Waals surface area contributed by atoms with Crippen molar-refractivity contribution in [3.8, 4) is 0 Å². The van der Waals surface area contributed by atoms with Crippen molar-refractivity contribution < 1.29 is 9.80 Å². The molecule has 1 fully saturated rings. The summed E-state index contributed by atoms with van der Waals surface area (Å²) in [7, 11) is 0. The van der Waals surface area contributed by atoms with Gasteiger partial charge in [0.1, 0.15) is 32.2 Å². The highest BCUT2D eigenvalue weighted by Crippen LogP contribution is 2.18.